The number of thiazole rings is 1. The summed E-state index contributed by atoms with van der Waals surface area (Å²) in [6.07, 6.45) is 0. The van der Waals surface area contributed by atoms with Gasteiger partial charge in [-0.05, 0) is 54.9 Å². The Balaban J connectivity index is 1.53. The highest BCUT2D eigenvalue weighted by Gasteiger charge is 2.07. The fourth-order valence-electron chi connectivity index (χ4n) is 2.38. The molecule has 2 heterocycles. The Labute approximate surface area is 162 Å². The number of benzene rings is 1. The van der Waals surface area contributed by atoms with Crippen LogP contribution < -0.4 is 10.6 Å². The number of aromatic nitrogens is 1. The van der Waals surface area contributed by atoms with Crippen LogP contribution in [-0.2, 0) is 6.54 Å². The van der Waals surface area contributed by atoms with E-state index in [1.165, 1.54) is 15.3 Å². The van der Waals surface area contributed by atoms with Gasteiger partial charge in [0.1, 0.15) is 0 Å². The first kappa shape index (κ1) is 18.0. The molecule has 3 nitrogen and oxygen atoms in total. The number of anilines is 1. The third kappa shape index (κ3) is 4.87. The molecule has 0 saturated carbocycles. The van der Waals surface area contributed by atoms with Crippen molar-refractivity contribution in [1.29, 1.82) is 0 Å². The van der Waals surface area contributed by atoms with Gasteiger partial charge in [-0.3, -0.25) is 0 Å². The average molecular weight is 388 g/mol. The fraction of sp³-hybridized carbons (Fsp3) is 0.263. The van der Waals surface area contributed by atoms with Crippen molar-refractivity contribution in [2.45, 2.75) is 33.2 Å². The van der Waals surface area contributed by atoms with E-state index in [0.717, 1.165) is 16.4 Å². The highest BCUT2D eigenvalue weighted by molar-refractivity contribution is 7.80. The minimum atomic E-state index is 0.536. The molecule has 0 fully saturated rings. The molecular weight excluding hydrogens is 366 g/mol. The lowest BCUT2D eigenvalue weighted by atomic mass is 10.0. The van der Waals surface area contributed by atoms with Crippen molar-refractivity contribution in [3.63, 3.8) is 0 Å². The van der Waals surface area contributed by atoms with Crippen molar-refractivity contribution < 1.29 is 0 Å². The van der Waals surface area contributed by atoms with E-state index < -0.39 is 0 Å². The Morgan fingerprint density at radius 3 is 2.56 bits per heavy atom. The number of thiocarbonyl (C=S) groups is 1. The summed E-state index contributed by atoms with van der Waals surface area (Å²) < 4.78 is 0. The normalized spacial score (nSPS) is 10.9. The van der Waals surface area contributed by atoms with Crippen LogP contribution in [-0.4, -0.2) is 10.1 Å². The molecule has 0 radical (unpaired) electrons. The van der Waals surface area contributed by atoms with E-state index in [9.17, 15) is 0 Å². The average Bonchev–Trinajstić information content (AvgIpc) is 3.22. The van der Waals surface area contributed by atoms with Gasteiger partial charge in [-0.15, -0.1) is 22.7 Å². The summed E-state index contributed by atoms with van der Waals surface area (Å²) in [5.41, 5.74) is 3.39. The first-order chi connectivity index (χ1) is 12.0. The molecule has 3 rings (SSSR count). The Kier molecular flexibility index (Phi) is 5.83. The van der Waals surface area contributed by atoms with Gasteiger partial charge in [-0.25, -0.2) is 4.98 Å². The molecule has 0 unspecified atom stereocenters. The molecule has 6 heteroatoms. The second kappa shape index (κ2) is 8.08. The molecule has 0 atom stereocenters. The molecule has 25 heavy (non-hydrogen) atoms. The lowest BCUT2D eigenvalue weighted by molar-refractivity contribution is 0.867. The number of rotatable bonds is 5. The molecule has 0 aliphatic heterocycles. The van der Waals surface area contributed by atoms with Crippen LogP contribution in [0.1, 0.15) is 35.2 Å². The third-order valence-electron chi connectivity index (χ3n) is 3.79. The van der Waals surface area contributed by atoms with Crippen molar-refractivity contribution in [3.05, 3.63) is 57.2 Å². The van der Waals surface area contributed by atoms with Crippen molar-refractivity contribution in [2.75, 3.05) is 5.32 Å². The van der Waals surface area contributed by atoms with Gasteiger partial charge in [0, 0.05) is 15.9 Å². The smallest absolute Gasteiger partial charge is 0.171 e. The van der Waals surface area contributed by atoms with E-state index in [-0.39, 0.29) is 0 Å². The second-order valence-electron chi connectivity index (χ2n) is 6.10. The predicted octanol–water partition coefficient (Wildman–Crippen LogP) is 5.79. The van der Waals surface area contributed by atoms with Gasteiger partial charge in [0.25, 0.3) is 0 Å². The number of nitrogens with one attached hydrogen (secondary N) is 2. The van der Waals surface area contributed by atoms with E-state index in [1.807, 2.05) is 6.92 Å². The van der Waals surface area contributed by atoms with Crippen LogP contribution in [0.5, 0.6) is 0 Å². The summed E-state index contributed by atoms with van der Waals surface area (Å²) in [5.74, 6) is 0.536. The molecule has 1 aromatic carbocycles. The first-order valence-electron chi connectivity index (χ1n) is 8.17. The molecule has 0 saturated heterocycles. The lowest BCUT2D eigenvalue weighted by Crippen LogP contribution is -2.27. The molecule has 0 spiro atoms. The maximum atomic E-state index is 5.39. The molecular formula is C19H21N3S3. The second-order valence-corrected chi connectivity index (χ2v) is 8.74. The Hall–Kier alpha value is -1.76. The van der Waals surface area contributed by atoms with Crippen molar-refractivity contribution in [2.24, 2.45) is 0 Å². The Morgan fingerprint density at radius 2 is 1.92 bits per heavy atom. The number of hydrogen-bond acceptors (Lipinski definition) is 4. The summed E-state index contributed by atoms with van der Waals surface area (Å²) >= 11 is 8.82. The molecule has 2 aromatic heterocycles. The van der Waals surface area contributed by atoms with Gasteiger partial charge < -0.3 is 10.6 Å². The number of aryl methyl sites for hydroxylation is 1. The first-order valence-corrected chi connectivity index (χ1v) is 10.3. The minimum absolute atomic E-state index is 0.536. The van der Waals surface area contributed by atoms with Crippen LogP contribution in [0.25, 0.3) is 10.6 Å². The summed E-state index contributed by atoms with van der Waals surface area (Å²) in [6, 6.07) is 12.7. The number of nitrogens with zero attached hydrogens (tertiary/aromatic N) is 1. The van der Waals surface area contributed by atoms with E-state index in [0.29, 0.717) is 17.6 Å². The van der Waals surface area contributed by atoms with E-state index in [1.54, 1.807) is 22.7 Å². The Morgan fingerprint density at radius 1 is 1.16 bits per heavy atom. The molecule has 0 aliphatic rings. The van der Waals surface area contributed by atoms with Crippen LogP contribution in [0, 0.1) is 6.92 Å². The van der Waals surface area contributed by atoms with Gasteiger partial charge in [-0.1, -0.05) is 26.0 Å². The minimum Gasteiger partial charge on any atom is -0.358 e. The monoisotopic (exact) mass is 387 g/mol. The highest BCUT2D eigenvalue weighted by Crippen LogP contribution is 2.28. The molecule has 2 N–H and O–H groups in total. The molecule has 130 valence electrons. The van der Waals surface area contributed by atoms with Crippen LogP contribution in [0.15, 0.2) is 41.8 Å². The van der Waals surface area contributed by atoms with Crippen LogP contribution >= 0.6 is 34.9 Å². The van der Waals surface area contributed by atoms with Crippen LogP contribution in [0.3, 0.4) is 0 Å². The zero-order valence-corrected chi connectivity index (χ0v) is 16.9. The zero-order valence-electron chi connectivity index (χ0n) is 14.5. The zero-order chi connectivity index (χ0) is 17.8. The number of hydrogen-bond donors (Lipinski definition) is 2. The fourth-order valence-corrected chi connectivity index (χ4v) is 4.17. The van der Waals surface area contributed by atoms with E-state index >= 15 is 0 Å². The van der Waals surface area contributed by atoms with Gasteiger partial charge >= 0.3 is 0 Å². The quantitative estimate of drug-likeness (QED) is 0.543. The summed E-state index contributed by atoms with van der Waals surface area (Å²) in [5, 5.41) is 10.3. The molecule has 0 bridgehead atoms. The lowest BCUT2D eigenvalue weighted by Gasteiger charge is -2.11. The highest BCUT2D eigenvalue weighted by atomic mass is 32.1. The van der Waals surface area contributed by atoms with Crippen LogP contribution in [0.4, 0.5) is 5.69 Å². The van der Waals surface area contributed by atoms with E-state index in [4.69, 9.17) is 12.2 Å². The molecule has 0 amide bonds. The number of thiophene rings is 1. The van der Waals surface area contributed by atoms with Crippen LogP contribution in [0.2, 0.25) is 0 Å². The Bertz CT molecular complexity index is 847. The maximum absolute atomic E-state index is 5.39. The van der Waals surface area contributed by atoms with Gasteiger partial charge in [-0.2, -0.15) is 0 Å². The SMILES string of the molecule is Cc1nc(-c2ccc(CNC(=S)Nc3ccc(C(C)C)cc3)s2)cs1. The van der Waals surface area contributed by atoms with Crippen molar-refractivity contribution in [3.8, 4) is 10.6 Å². The predicted molar refractivity (Wildman–Crippen MR) is 114 cm³/mol. The molecule has 0 aliphatic carbocycles. The summed E-state index contributed by atoms with van der Waals surface area (Å²) in [4.78, 5) is 6.97. The topological polar surface area (TPSA) is 37.0 Å². The summed E-state index contributed by atoms with van der Waals surface area (Å²) in [6.45, 7) is 7.12. The largest absolute Gasteiger partial charge is 0.358 e. The third-order valence-corrected chi connectivity index (χ3v) is 5.92. The van der Waals surface area contributed by atoms with Gasteiger partial charge in [0.2, 0.25) is 0 Å². The maximum Gasteiger partial charge on any atom is 0.171 e. The van der Waals surface area contributed by atoms with Gasteiger partial charge in [0.05, 0.1) is 22.1 Å². The van der Waals surface area contributed by atoms with Gasteiger partial charge in [0.15, 0.2) is 5.11 Å². The standard InChI is InChI=1S/C19H21N3S3/c1-12(2)14-4-6-15(7-5-14)22-19(23)20-10-16-8-9-18(25-16)17-11-24-13(3)21-17/h4-9,11-12H,10H2,1-3H3,(H2,20,22,23). The molecule has 3 aromatic rings. The van der Waals surface area contributed by atoms with Crippen molar-refractivity contribution in [1.82, 2.24) is 10.3 Å². The summed E-state index contributed by atoms with van der Waals surface area (Å²) in [7, 11) is 0. The van der Waals surface area contributed by atoms with Crippen molar-refractivity contribution >= 4 is 45.7 Å². The van der Waals surface area contributed by atoms with E-state index in [2.05, 4.69) is 71.2 Å².